The number of carbonyl (C=O) groups is 2. The summed E-state index contributed by atoms with van der Waals surface area (Å²) in [6, 6.07) is -0.244. The van der Waals surface area contributed by atoms with Gasteiger partial charge in [0.25, 0.3) is 0 Å². The Labute approximate surface area is 101 Å². The number of nitrogens with zero attached hydrogens (tertiary/aromatic N) is 1. The molecule has 1 rings (SSSR count). The quantitative estimate of drug-likeness (QED) is 0.694. The van der Waals surface area contributed by atoms with E-state index in [4.69, 9.17) is 10.8 Å². The molecule has 1 heterocycles. The van der Waals surface area contributed by atoms with Crippen LogP contribution >= 0.6 is 0 Å². The molecule has 1 aliphatic rings. The van der Waals surface area contributed by atoms with E-state index in [0.29, 0.717) is 18.5 Å². The maximum absolute atomic E-state index is 11.3. The van der Waals surface area contributed by atoms with Gasteiger partial charge in [-0.05, 0) is 25.8 Å². The van der Waals surface area contributed by atoms with Crippen molar-refractivity contribution < 1.29 is 14.7 Å². The maximum atomic E-state index is 11.3. The fourth-order valence-corrected chi connectivity index (χ4v) is 2.14. The molecule has 1 atom stereocenters. The summed E-state index contributed by atoms with van der Waals surface area (Å²) >= 11 is 0. The Morgan fingerprint density at radius 3 is 2.71 bits per heavy atom. The molecule has 1 fully saturated rings. The van der Waals surface area contributed by atoms with Crippen molar-refractivity contribution in [1.82, 2.24) is 4.90 Å². The number of nitrogens with two attached hydrogens (primary N) is 1. The van der Waals surface area contributed by atoms with Gasteiger partial charge in [0.2, 0.25) is 5.91 Å². The van der Waals surface area contributed by atoms with Gasteiger partial charge in [0.15, 0.2) is 0 Å². The number of hydrogen-bond donors (Lipinski definition) is 2. The van der Waals surface area contributed by atoms with E-state index < -0.39 is 5.97 Å². The summed E-state index contributed by atoms with van der Waals surface area (Å²) in [5, 5.41) is 8.90. The molecule has 96 valence electrons. The highest BCUT2D eigenvalue weighted by Gasteiger charge is 2.25. The number of rotatable bonds is 5. The molecule has 0 aromatic carbocycles. The predicted octanol–water partition coefficient (Wildman–Crippen LogP) is 0.747. The first-order valence-electron chi connectivity index (χ1n) is 6.02. The average Bonchev–Trinajstić information content (AvgIpc) is 2.29. The maximum Gasteiger partial charge on any atom is 0.331 e. The van der Waals surface area contributed by atoms with Crippen LogP contribution in [0, 0.1) is 0 Å². The van der Waals surface area contributed by atoms with Crippen molar-refractivity contribution in [3.63, 3.8) is 0 Å². The van der Waals surface area contributed by atoms with Crippen LogP contribution in [0.4, 0.5) is 0 Å². The van der Waals surface area contributed by atoms with Crippen LogP contribution in [0.3, 0.4) is 0 Å². The van der Waals surface area contributed by atoms with E-state index in [0.717, 1.165) is 25.8 Å². The molecule has 0 radical (unpaired) electrons. The van der Waals surface area contributed by atoms with E-state index in [1.54, 1.807) is 6.08 Å². The number of carboxylic acids is 1. The second kappa shape index (κ2) is 6.39. The number of amides is 1. The summed E-state index contributed by atoms with van der Waals surface area (Å²) in [7, 11) is 0. The van der Waals surface area contributed by atoms with Crippen molar-refractivity contribution >= 4 is 11.9 Å². The van der Waals surface area contributed by atoms with E-state index in [-0.39, 0.29) is 11.9 Å². The number of likely N-dealkylation sites (tertiary alicyclic amines) is 1. The van der Waals surface area contributed by atoms with Crippen LogP contribution < -0.4 is 5.73 Å². The number of primary amides is 1. The minimum absolute atomic E-state index is 0.244. The molecule has 1 aliphatic heterocycles. The van der Waals surface area contributed by atoms with Gasteiger partial charge in [0, 0.05) is 12.1 Å². The standard InChI is InChI=1S/C12H20N2O3/c1-2-9(12(16)17)6-8-14-7-4-3-5-10(14)11(13)15/h6,10H,2-5,7-8H2,1H3,(H2,13,15)(H,16,17). The van der Waals surface area contributed by atoms with Crippen molar-refractivity contribution in [1.29, 1.82) is 0 Å². The Kier molecular flexibility index (Phi) is 5.15. The Morgan fingerprint density at radius 1 is 1.47 bits per heavy atom. The highest BCUT2D eigenvalue weighted by Crippen LogP contribution is 2.17. The highest BCUT2D eigenvalue weighted by atomic mass is 16.4. The first kappa shape index (κ1) is 13.7. The molecular weight excluding hydrogens is 220 g/mol. The summed E-state index contributed by atoms with van der Waals surface area (Å²) in [4.78, 5) is 24.1. The number of carboxylic acid groups (broad SMARTS) is 1. The van der Waals surface area contributed by atoms with Crippen LogP contribution in [0.1, 0.15) is 32.6 Å². The summed E-state index contributed by atoms with van der Waals surface area (Å²) in [5.74, 6) is -1.20. The summed E-state index contributed by atoms with van der Waals surface area (Å²) in [6.45, 7) is 3.10. The van der Waals surface area contributed by atoms with Crippen LogP contribution in [0.2, 0.25) is 0 Å². The first-order chi connectivity index (χ1) is 8.06. The molecule has 0 saturated carbocycles. The van der Waals surface area contributed by atoms with Gasteiger partial charge in [-0.25, -0.2) is 4.79 Å². The van der Waals surface area contributed by atoms with Crippen LogP contribution in [-0.2, 0) is 9.59 Å². The lowest BCUT2D eigenvalue weighted by Crippen LogP contribution is -2.47. The van der Waals surface area contributed by atoms with Crippen molar-refractivity contribution in [2.24, 2.45) is 5.73 Å². The third-order valence-electron chi connectivity index (χ3n) is 3.17. The minimum atomic E-state index is -0.889. The number of hydrogen-bond acceptors (Lipinski definition) is 3. The van der Waals surface area contributed by atoms with Gasteiger partial charge in [0.05, 0.1) is 6.04 Å². The molecule has 1 saturated heterocycles. The lowest BCUT2D eigenvalue weighted by atomic mass is 10.0. The predicted molar refractivity (Wildman–Crippen MR) is 64.4 cm³/mol. The van der Waals surface area contributed by atoms with Crippen molar-refractivity contribution in [2.75, 3.05) is 13.1 Å². The summed E-state index contributed by atoms with van der Waals surface area (Å²) < 4.78 is 0. The second-order valence-corrected chi connectivity index (χ2v) is 4.30. The minimum Gasteiger partial charge on any atom is -0.478 e. The SMILES string of the molecule is CCC(=CCN1CCCCC1C(N)=O)C(=O)O. The number of aliphatic carboxylic acids is 1. The van der Waals surface area contributed by atoms with Crippen LogP contribution in [0.15, 0.2) is 11.6 Å². The molecule has 3 N–H and O–H groups in total. The van der Waals surface area contributed by atoms with E-state index in [2.05, 4.69) is 0 Å². The Morgan fingerprint density at radius 2 is 2.18 bits per heavy atom. The van der Waals surface area contributed by atoms with Gasteiger partial charge in [-0.15, -0.1) is 0 Å². The first-order valence-corrected chi connectivity index (χ1v) is 6.02. The number of carbonyl (C=O) groups excluding carboxylic acids is 1. The molecule has 0 spiro atoms. The zero-order valence-electron chi connectivity index (χ0n) is 10.2. The van der Waals surface area contributed by atoms with E-state index >= 15 is 0 Å². The van der Waals surface area contributed by atoms with Crippen LogP contribution in [0.5, 0.6) is 0 Å². The molecule has 0 aliphatic carbocycles. The molecule has 5 nitrogen and oxygen atoms in total. The van der Waals surface area contributed by atoms with Gasteiger partial charge >= 0.3 is 5.97 Å². The lowest BCUT2D eigenvalue weighted by Gasteiger charge is -2.32. The van der Waals surface area contributed by atoms with Crippen LogP contribution in [-0.4, -0.2) is 41.0 Å². The highest BCUT2D eigenvalue weighted by molar-refractivity contribution is 5.86. The van der Waals surface area contributed by atoms with E-state index in [9.17, 15) is 9.59 Å². The summed E-state index contributed by atoms with van der Waals surface area (Å²) in [5.41, 5.74) is 5.73. The Bertz CT molecular complexity index is 326. The fraction of sp³-hybridized carbons (Fsp3) is 0.667. The smallest absolute Gasteiger partial charge is 0.331 e. The molecular formula is C12H20N2O3. The zero-order valence-corrected chi connectivity index (χ0v) is 10.2. The third-order valence-corrected chi connectivity index (χ3v) is 3.17. The van der Waals surface area contributed by atoms with Gasteiger partial charge in [-0.1, -0.05) is 19.4 Å². The molecule has 17 heavy (non-hydrogen) atoms. The lowest BCUT2D eigenvalue weighted by molar-refractivity contribution is -0.132. The van der Waals surface area contributed by atoms with Gasteiger partial charge in [-0.2, -0.15) is 0 Å². The largest absolute Gasteiger partial charge is 0.478 e. The third kappa shape index (κ3) is 3.85. The monoisotopic (exact) mass is 240 g/mol. The summed E-state index contributed by atoms with van der Waals surface area (Å²) in [6.07, 6.45) is 4.99. The fourth-order valence-electron chi connectivity index (χ4n) is 2.14. The number of piperidine rings is 1. The Hall–Kier alpha value is -1.36. The van der Waals surface area contributed by atoms with Crippen molar-refractivity contribution in [3.05, 3.63) is 11.6 Å². The van der Waals surface area contributed by atoms with Crippen LogP contribution in [0.25, 0.3) is 0 Å². The molecule has 1 amide bonds. The molecule has 0 aromatic rings. The van der Waals surface area contributed by atoms with Gasteiger partial charge in [0.1, 0.15) is 0 Å². The van der Waals surface area contributed by atoms with E-state index in [1.807, 2.05) is 11.8 Å². The molecule has 0 aromatic heterocycles. The average molecular weight is 240 g/mol. The topological polar surface area (TPSA) is 83.6 Å². The van der Waals surface area contributed by atoms with E-state index in [1.165, 1.54) is 0 Å². The Balaban J connectivity index is 2.65. The molecule has 1 unspecified atom stereocenters. The molecule has 0 bridgehead atoms. The second-order valence-electron chi connectivity index (χ2n) is 4.30. The van der Waals surface area contributed by atoms with Gasteiger partial charge < -0.3 is 10.8 Å². The van der Waals surface area contributed by atoms with Crippen molar-refractivity contribution in [3.8, 4) is 0 Å². The molecule has 5 heteroatoms. The van der Waals surface area contributed by atoms with Gasteiger partial charge in [-0.3, -0.25) is 9.69 Å². The normalized spacial score (nSPS) is 22.4. The zero-order chi connectivity index (χ0) is 12.8. The van der Waals surface area contributed by atoms with Crippen molar-refractivity contribution in [2.45, 2.75) is 38.6 Å².